The zero-order chi connectivity index (χ0) is 30.8. The zero-order valence-electron chi connectivity index (χ0n) is 25.7. The number of fused-ring (bicyclic) bond motifs is 2. The molecule has 1 N–H and O–H groups in total. The molecular formula is C33H37N9O2. The molecule has 0 aliphatic carbocycles. The van der Waals surface area contributed by atoms with E-state index in [2.05, 4.69) is 32.1 Å². The lowest BCUT2D eigenvalue weighted by Gasteiger charge is -2.40. The number of pyridine rings is 1. The lowest BCUT2D eigenvalue weighted by molar-refractivity contribution is -0.128. The van der Waals surface area contributed by atoms with Crippen molar-refractivity contribution in [2.24, 2.45) is 7.05 Å². The third kappa shape index (κ3) is 6.18. The van der Waals surface area contributed by atoms with Gasteiger partial charge in [0.05, 0.1) is 22.9 Å². The molecule has 44 heavy (non-hydrogen) atoms. The van der Waals surface area contributed by atoms with Crippen LogP contribution in [0.5, 0.6) is 11.5 Å². The zero-order valence-corrected chi connectivity index (χ0v) is 25.7. The second-order valence-corrected chi connectivity index (χ2v) is 11.5. The van der Waals surface area contributed by atoms with Crippen molar-refractivity contribution in [3.05, 3.63) is 78.9 Å². The minimum atomic E-state index is 0.0475. The highest BCUT2D eigenvalue weighted by Gasteiger charge is 2.27. The van der Waals surface area contributed by atoms with Gasteiger partial charge in [0.1, 0.15) is 29.2 Å². The van der Waals surface area contributed by atoms with Crippen molar-refractivity contribution < 1.29 is 9.53 Å². The second-order valence-electron chi connectivity index (χ2n) is 11.5. The molecule has 1 aliphatic heterocycles. The first-order valence-electron chi connectivity index (χ1n) is 14.7. The van der Waals surface area contributed by atoms with Crippen molar-refractivity contribution in [3.8, 4) is 11.5 Å². The van der Waals surface area contributed by atoms with Crippen molar-refractivity contribution in [3.63, 3.8) is 0 Å². The Bertz CT molecular complexity index is 1850. The molecule has 1 aliphatic rings. The third-order valence-electron chi connectivity index (χ3n) is 7.80. The average Bonchev–Trinajstić information content (AvgIpc) is 3.37. The molecule has 0 bridgehead atoms. The predicted molar refractivity (Wildman–Crippen MR) is 174 cm³/mol. The van der Waals surface area contributed by atoms with Crippen LogP contribution in [0, 0.1) is 6.92 Å². The molecule has 1 amide bonds. The van der Waals surface area contributed by atoms with Crippen LogP contribution in [0.25, 0.3) is 22.1 Å². The molecule has 0 saturated carbocycles. The van der Waals surface area contributed by atoms with Gasteiger partial charge >= 0.3 is 0 Å². The molecule has 3 aromatic heterocycles. The Labute approximate surface area is 256 Å². The van der Waals surface area contributed by atoms with Gasteiger partial charge in [0.2, 0.25) is 5.91 Å². The maximum absolute atomic E-state index is 12.8. The highest BCUT2D eigenvalue weighted by atomic mass is 16.5. The summed E-state index contributed by atoms with van der Waals surface area (Å²) in [7, 11) is 5.94. The number of nitrogens with one attached hydrogen (secondary N) is 1. The quantitative estimate of drug-likeness (QED) is 0.252. The fourth-order valence-electron chi connectivity index (χ4n) is 5.44. The number of nitrogens with zero attached hydrogens (tertiary/aromatic N) is 8. The number of hydrogen-bond donors (Lipinski definition) is 1. The summed E-state index contributed by atoms with van der Waals surface area (Å²) < 4.78 is 8.18. The summed E-state index contributed by atoms with van der Waals surface area (Å²) in [5, 5.41) is 3.43. The molecule has 226 valence electrons. The predicted octanol–water partition coefficient (Wildman–Crippen LogP) is 4.91. The first-order chi connectivity index (χ1) is 21.2. The molecular weight excluding hydrogens is 554 g/mol. The van der Waals surface area contributed by atoms with Crippen molar-refractivity contribution in [1.82, 2.24) is 34.3 Å². The number of hydrogen-bond acceptors (Lipinski definition) is 9. The minimum Gasteiger partial charge on any atom is -0.457 e. The van der Waals surface area contributed by atoms with Crippen LogP contribution in [-0.4, -0.2) is 86.5 Å². The Hall–Kier alpha value is -5.03. The van der Waals surface area contributed by atoms with Gasteiger partial charge < -0.3 is 29.3 Å². The summed E-state index contributed by atoms with van der Waals surface area (Å²) in [5.74, 6) is 3.00. The van der Waals surface area contributed by atoms with E-state index < -0.39 is 0 Å². The molecule has 1 saturated heterocycles. The van der Waals surface area contributed by atoms with Crippen molar-refractivity contribution in [2.45, 2.75) is 19.9 Å². The highest BCUT2D eigenvalue weighted by Crippen LogP contribution is 2.31. The van der Waals surface area contributed by atoms with Crippen LogP contribution in [-0.2, 0) is 11.8 Å². The average molecular weight is 592 g/mol. The third-order valence-corrected chi connectivity index (χ3v) is 7.80. The summed E-state index contributed by atoms with van der Waals surface area (Å²) in [6.07, 6.45) is 6.92. The maximum Gasteiger partial charge on any atom is 0.246 e. The number of imidazole rings is 1. The number of piperazine rings is 1. The summed E-state index contributed by atoms with van der Waals surface area (Å²) in [5.41, 5.74) is 5.22. The smallest absolute Gasteiger partial charge is 0.246 e. The Balaban J connectivity index is 1.16. The SMILES string of the molecule is Cc1cc(Nc2ncnc3ccc(N4CCN(C(=O)/C=C/CN(C)C)[C@H](C)C4)nc23)ccc1Oc1ccc2c(c1)ncn2C. The summed E-state index contributed by atoms with van der Waals surface area (Å²) in [6.45, 7) is 6.84. The molecule has 0 radical (unpaired) electrons. The number of aromatic nitrogens is 5. The molecule has 11 heteroatoms. The van der Waals surface area contributed by atoms with Crippen molar-refractivity contribution in [1.29, 1.82) is 0 Å². The number of amides is 1. The monoisotopic (exact) mass is 591 g/mol. The first kappa shape index (κ1) is 29.1. The van der Waals surface area contributed by atoms with Crippen LogP contribution < -0.4 is 15.0 Å². The summed E-state index contributed by atoms with van der Waals surface area (Å²) in [6, 6.07) is 15.8. The number of anilines is 3. The van der Waals surface area contributed by atoms with E-state index in [-0.39, 0.29) is 11.9 Å². The summed E-state index contributed by atoms with van der Waals surface area (Å²) >= 11 is 0. The molecule has 11 nitrogen and oxygen atoms in total. The molecule has 1 atom stereocenters. The Kier molecular flexibility index (Phi) is 8.12. The lowest BCUT2D eigenvalue weighted by atomic mass is 10.1. The standard InChI is InChI=1S/C33H37N9O2/c1-22-17-24(8-12-29(22)44-25-9-11-28-27(18-25)36-21-40(28)5)37-33-32-26(34-20-35-33)10-13-30(38-32)41-15-16-42(23(2)19-41)31(43)7-6-14-39(3)4/h6-13,17-18,20-21,23H,14-16,19H2,1-5H3,(H,34,35,37)/b7-6+/t23-/m1/s1. The fourth-order valence-corrected chi connectivity index (χ4v) is 5.44. The number of rotatable bonds is 8. The Morgan fingerprint density at radius 3 is 2.73 bits per heavy atom. The van der Waals surface area contributed by atoms with Crippen molar-refractivity contribution in [2.75, 3.05) is 50.5 Å². The van der Waals surface area contributed by atoms with Gasteiger partial charge in [-0.25, -0.2) is 19.9 Å². The Morgan fingerprint density at radius 2 is 1.93 bits per heavy atom. The number of likely N-dealkylation sites (N-methyl/N-ethyl adjacent to an activating group) is 1. The Morgan fingerprint density at radius 1 is 1.07 bits per heavy atom. The van der Waals surface area contributed by atoms with Crippen LogP contribution in [0.2, 0.25) is 0 Å². The first-order valence-corrected chi connectivity index (χ1v) is 14.7. The highest BCUT2D eigenvalue weighted by molar-refractivity contribution is 5.89. The normalized spacial score (nSPS) is 15.5. The minimum absolute atomic E-state index is 0.0475. The second kappa shape index (κ2) is 12.3. The number of carbonyl (C=O) groups excluding carboxylic acids is 1. The molecule has 1 fully saturated rings. The van der Waals surface area contributed by atoms with Gasteiger partial charge in [0.25, 0.3) is 0 Å². The maximum atomic E-state index is 12.8. The largest absolute Gasteiger partial charge is 0.457 e. The molecule has 0 spiro atoms. The number of aryl methyl sites for hydroxylation is 2. The van der Waals surface area contributed by atoms with E-state index in [1.165, 1.54) is 0 Å². The van der Waals surface area contributed by atoms with Crippen LogP contribution in [0.1, 0.15) is 12.5 Å². The van der Waals surface area contributed by atoms with Gasteiger partial charge in [0.15, 0.2) is 5.82 Å². The molecule has 5 aromatic rings. The van der Waals surface area contributed by atoms with Gasteiger partial charge in [-0.2, -0.15) is 0 Å². The summed E-state index contributed by atoms with van der Waals surface area (Å²) in [4.78, 5) is 37.3. The number of benzene rings is 2. The van der Waals surface area contributed by atoms with Crippen LogP contribution in [0.4, 0.5) is 17.3 Å². The van der Waals surface area contributed by atoms with Gasteiger partial charge in [-0.05, 0) is 76.0 Å². The molecule has 4 heterocycles. The van der Waals surface area contributed by atoms with Gasteiger partial charge in [-0.1, -0.05) is 6.08 Å². The van der Waals surface area contributed by atoms with E-state index in [1.807, 2.05) is 97.0 Å². The van der Waals surface area contributed by atoms with Crippen LogP contribution >= 0.6 is 0 Å². The van der Waals surface area contributed by atoms with E-state index in [0.29, 0.717) is 31.0 Å². The van der Waals surface area contributed by atoms with Crippen LogP contribution in [0.3, 0.4) is 0 Å². The van der Waals surface area contributed by atoms with E-state index in [1.54, 1.807) is 18.7 Å². The van der Waals surface area contributed by atoms with E-state index in [0.717, 1.165) is 51.7 Å². The van der Waals surface area contributed by atoms with Gasteiger partial charge in [-0.15, -0.1) is 0 Å². The lowest BCUT2D eigenvalue weighted by Crippen LogP contribution is -2.54. The van der Waals surface area contributed by atoms with E-state index >= 15 is 0 Å². The van der Waals surface area contributed by atoms with Crippen molar-refractivity contribution >= 4 is 45.3 Å². The van der Waals surface area contributed by atoms with E-state index in [4.69, 9.17) is 9.72 Å². The van der Waals surface area contributed by atoms with Gasteiger partial charge in [0, 0.05) is 57.1 Å². The molecule has 2 aromatic carbocycles. The van der Waals surface area contributed by atoms with Crippen LogP contribution in [0.15, 0.2) is 73.3 Å². The fraction of sp³-hybridized carbons (Fsp3) is 0.303. The van der Waals surface area contributed by atoms with Gasteiger partial charge in [-0.3, -0.25) is 4.79 Å². The molecule has 0 unspecified atom stereocenters. The topological polar surface area (TPSA) is 105 Å². The van der Waals surface area contributed by atoms with E-state index in [9.17, 15) is 4.79 Å². The number of ether oxygens (including phenoxy) is 1. The molecule has 6 rings (SSSR count). The number of carbonyl (C=O) groups is 1.